The molecule has 5 heteroatoms. The Morgan fingerprint density at radius 3 is 2.50 bits per heavy atom. The molecule has 0 spiro atoms. The van der Waals surface area contributed by atoms with Crippen LogP contribution in [-0.4, -0.2) is 36.9 Å². The first-order valence-corrected chi connectivity index (χ1v) is 6.91. The van der Waals surface area contributed by atoms with Crippen molar-refractivity contribution in [3.63, 3.8) is 0 Å². The summed E-state index contributed by atoms with van der Waals surface area (Å²) in [6.07, 6.45) is 1.03. The average molecular weight is 281 g/mol. The van der Waals surface area contributed by atoms with Gasteiger partial charge in [-0.05, 0) is 18.8 Å². The summed E-state index contributed by atoms with van der Waals surface area (Å²) in [5, 5.41) is 0. The molecule has 0 amide bonds. The molecule has 1 fully saturated rings. The van der Waals surface area contributed by atoms with E-state index in [9.17, 15) is 14.4 Å². The third-order valence-electron chi connectivity index (χ3n) is 3.74. The summed E-state index contributed by atoms with van der Waals surface area (Å²) in [4.78, 5) is 40.9. The molecule has 5 nitrogen and oxygen atoms in total. The van der Waals surface area contributed by atoms with Crippen LogP contribution in [0.25, 0.3) is 0 Å². The Kier molecular flexibility index (Phi) is 5.20. The van der Waals surface area contributed by atoms with Crippen LogP contribution < -0.4 is 0 Å². The Morgan fingerprint density at radius 1 is 1.40 bits per heavy atom. The van der Waals surface area contributed by atoms with E-state index < -0.39 is 23.2 Å². The first kappa shape index (κ1) is 16.5. The second-order valence-corrected chi connectivity index (χ2v) is 5.95. The van der Waals surface area contributed by atoms with Crippen LogP contribution in [0.2, 0.25) is 0 Å². The second-order valence-electron chi connectivity index (χ2n) is 5.95. The van der Waals surface area contributed by atoms with Crippen LogP contribution in [-0.2, 0) is 19.1 Å². The predicted molar refractivity (Wildman–Crippen MR) is 75.7 cm³/mol. The molecule has 20 heavy (non-hydrogen) atoms. The molecule has 0 aliphatic heterocycles. The van der Waals surface area contributed by atoms with Crippen molar-refractivity contribution >= 4 is 23.2 Å². The Bertz CT molecular complexity index is 451. The quantitative estimate of drug-likeness (QED) is 0.447. The van der Waals surface area contributed by atoms with Crippen LogP contribution in [0.4, 0.5) is 0 Å². The van der Waals surface area contributed by atoms with Crippen molar-refractivity contribution in [2.75, 3.05) is 13.7 Å². The summed E-state index contributed by atoms with van der Waals surface area (Å²) < 4.78 is 4.73. The highest BCUT2D eigenvalue weighted by atomic mass is 16.5. The largest absolute Gasteiger partial charge is 0.468 e. The van der Waals surface area contributed by atoms with Gasteiger partial charge in [-0.1, -0.05) is 20.8 Å². The Morgan fingerprint density at radius 2 is 2.00 bits per heavy atom. The van der Waals surface area contributed by atoms with E-state index in [4.69, 9.17) is 4.74 Å². The van der Waals surface area contributed by atoms with Gasteiger partial charge in [-0.15, -0.1) is 0 Å². The zero-order chi connectivity index (χ0) is 15.5. The van der Waals surface area contributed by atoms with Gasteiger partial charge in [0.15, 0.2) is 5.78 Å². The Balaban J connectivity index is 3.14. The summed E-state index contributed by atoms with van der Waals surface area (Å²) in [6, 6.07) is 0. The number of rotatable bonds is 4. The maximum atomic E-state index is 12.6. The molecule has 112 valence electrons. The van der Waals surface area contributed by atoms with Crippen LogP contribution in [0.3, 0.4) is 0 Å². The van der Waals surface area contributed by atoms with Crippen molar-refractivity contribution in [1.29, 1.82) is 0 Å². The zero-order valence-electron chi connectivity index (χ0n) is 12.9. The molecule has 2 atom stereocenters. The van der Waals surface area contributed by atoms with E-state index in [1.165, 1.54) is 7.11 Å². The molecular weight excluding hydrogens is 258 g/mol. The number of ether oxygens (including phenoxy) is 1. The number of hydrogen-bond donors (Lipinski definition) is 0. The van der Waals surface area contributed by atoms with Gasteiger partial charge < -0.3 is 4.74 Å². The molecular formula is C15H23NO4. The summed E-state index contributed by atoms with van der Waals surface area (Å²) >= 11 is 0. The number of carbonyl (C=O) groups excluding carboxylic acids is 3. The van der Waals surface area contributed by atoms with E-state index in [-0.39, 0.29) is 18.0 Å². The zero-order valence-corrected chi connectivity index (χ0v) is 12.9. The number of nitrogens with zero attached hydrogens (tertiary/aromatic N) is 1. The first-order chi connectivity index (χ1) is 9.26. The van der Waals surface area contributed by atoms with Crippen molar-refractivity contribution in [2.24, 2.45) is 22.2 Å². The van der Waals surface area contributed by atoms with E-state index >= 15 is 0 Å². The molecule has 0 saturated heterocycles. The van der Waals surface area contributed by atoms with Crippen LogP contribution >= 0.6 is 0 Å². The number of carbonyl (C=O) groups is 3. The first-order valence-electron chi connectivity index (χ1n) is 6.91. The van der Waals surface area contributed by atoms with Gasteiger partial charge in [0.2, 0.25) is 0 Å². The van der Waals surface area contributed by atoms with E-state index in [1.54, 1.807) is 20.8 Å². The highest BCUT2D eigenvalue weighted by Crippen LogP contribution is 2.40. The molecule has 1 rings (SSSR count). The van der Waals surface area contributed by atoms with Gasteiger partial charge in [0.05, 0.1) is 7.11 Å². The monoisotopic (exact) mass is 281 g/mol. The van der Waals surface area contributed by atoms with Gasteiger partial charge in [-0.25, -0.2) is 0 Å². The Labute approximate surface area is 119 Å². The van der Waals surface area contributed by atoms with Crippen molar-refractivity contribution in [1.82, 2.24) is 0 Å². The van der Waals surface area contributed by atoms with Crippen LogP contribution in [0.15, 0.2) is 4.99 Å². The topological polar surface area (TPSA) is 72.8 Å². The predicted octanol–water partition coefficient (Wildman–Crippen LogP) is 1.83. The number of aliphatic imine (C=N–C) groups is 1. The molecule has 0 aromatic carbocycles. The third kappa shape index (κ3) is 3.14. The van der Waals surface area contributed by atoms with Crippen molar-refractivity contribution < 1.29 is 19.1 Å². The summed E-state index contributed by atoms with van der Waals surface area (Å²) in [7, 11) is 1.26. The van der Waals surface area contributed by atoms with Gasteiger partial charge in [-0.3, -0.25) is 19.4 Å². The van der Waals surface area contributed by atoms with Gasteiger partial charge in [0.25, 0.3) is 0 Å². The number of methoxy groups -OCH3 is 1. The van der Waals surface area contributed by atoms with Gasteiger partial charge in [0.1, 0.15) is 17.6 Å². The van der Waals surface area contributed by atoms with E-state index in [0.29, 0.717) is 12.3 Å². The highest BCUT2D eigenvalue weighted by Gasteiger charge is 2.52. The standard InChI is InChI=1S/C15H23NO4/c1-6-7-16-9(2)11-10(17)8-15(3,4)12(13(11)18)14(19)20-5/h11-12H,6-8H2,1-5H3/t11?,12-/m0/s1. The normalized spacial score (nSPS) is 26.6. The highest BCUT2D eigenvalue weighted by molar-refractivity contribution is 6.25. The molecule has 1 saturated carbocycles. The lowest BCUT2D eigenvalue weighted by Crippen LogP contribution is -2.51. The molecule has 0 aromatic heterocycles. The minimum atomic E-state index is -0.901. The average Bonchev–Trinajstić information content (AvgIpc) is 2.34. The summed E-state index contributed by atoms with van der Waals surface area (Å²) in [6.45, 7) is 7.73. The fourth-order valence-corrected chi connectivity index (χ4v) is 2.73. The molecule has 0 N–H and O–H groups in total. The van der Waals surface area contributed by atoms with Crippen molar-refractivity contribution in [3.05, 3.63) is 0 Å². The molecule has 0 heterocycles. The minimum Gasteiger partial charge on any atom is -0.468 e. The summed E-state index contributed by atoms with van der Waals surface area (Å²) in [5.74, 6) is -2.89. The molecule has 1 unspecified atom stereocenters. The molecule has 1 aliphatic rings. The molecule has 1 aliphatic carbocycles. The number of esters is 1. The Hall–Kier alpha value is -1.52. The molecule has 0 radical (unpaired) electrons. The number of hydrogen-bond acceptors (Lipinski definition) is 5. The third-order valence-corrected chi connectivity index (χ3v) is 3.74. The second kappa shape index (κ2) is 6.29. The van der Waals surface area contributed by atoms with E-state index in [0.717, 1.165) is 6.42 Å². The minimum absolute atomic E-state index is 0.155. The fraction of sp³-hybridized carbons (Fsp3) is 0.733. The lowest BCUT2D eigenvalue weighted by molar-refractivity contribution is -0.159. The van der Waals surface area contributed by atoms with Crippen LogP contribution in [0, 0.1) is 17.3 Å². The SMILES string of the molecule is CCCN=C(C)C1C(=O)CC(C)(C)[C@H](C(=O)OC)C1=O. The number of ketones is 2. The lowest BCUT2D eigenvalue weighted by Gasteiger charge is -2.38. The fourth-order valence-electron chi connectivity index (χ4n) is 2.73. The maximum absolute atomic E-state index is 12.6. The molecule has 0 bridgehead atoms. The smallest absolute Gasteiger partial charge is 0.316 e. The maximum Gasteiger partial charge on any atom is 0.316 e. The van der Waals surface area contributed by atoms with Gasteiger partial charge >= 0.3 is 5.97 Å². The van der Waals surface area contributed by atoms with Crippen LogP contribution in [0.1, 0.15) is 40.5 Å². The van der Waals surface area contributed by atoms with Crippen LogP contribution in [0.5, 0.6) is 0 Å². The van der Waals surface area contributed by atoms with E-state index in [1.807, 2.05) is 6.92 Å². The van der Waals surface area contributed by atoms with Gasteiger partial charge in [0, 0.05) is 18.7 Å². The summed E-state index contributed by atoms with van der Waals surface area (Å²) in [5.41, 5.74) is -0.200. The van der Waals surface area contributed by atoms with E-state index in [2.05, 4.69) is 4.99 Å². The van der Waals surface area contributed by atoms with Gasteiger partial charge in [-0.2, -0.15) is 0 Å². The molecule has 0 aromatic rings. The number of Topliss-reactive ketones (excluding diaryl/α,β-unsaturated/α-hetero) is 2. The lowest BCUT2D eigenvalue weighted by atomic mass is 9.63. The van der Waals surface area contributed by atoms with Crippen molar-refractivity contribution in [2.45, 2.75) is 40.5 Å². The van der Waals surface area contributed by atoms with Crippen molar-refractivity contribution in [3.8, 4) is 0 Å².